The van der Waals surface area contributed by atoms with Gasteiger partial charge in [0.25, 0.3) is 0 Å². The van der Waals surface area contributed by atoms with Gasteiger partial charge in [-0.1, -0.05) is 17.4 Å². The lowest BCUT2D eigenvalue weighted by molar-refractivity contribution is -0.116. The number of halogens is 1. The van der Waals surface area contributed by atoms with Crippen molar-refractivity contribution in [3.63, 3.8) is 0 Å². The fraction of sp³-hybridized carbons (Fsp3) is 0.0909. The van der Waals surface area contributed by atoms with Gasteiger partial charge < -0.3 is 5.32 Å². The molecule has 0 unspecified atom stereocenters. The zero-order valence-electron chi connectivity index (χ0n) is 9.58. The van der Waals surface area contributed by atoms with Gasteiger partial charge in [0, 0.05) is 4.47 Å². The Balaban J connectivity index is 1.78. The highest BCUT2D eigenvalue weighted by Crippen LogP contribution is 2.30. The number of fused-ring (bicyclic) bond motifs is 1. The van der Waals surface area contributed by atoms with E-state index in [2.05, 4.69) is 36.3 Å². The highest BCUT2D eigenvalue weighted by molar-refractivity contribution is 9.10. The topological polar surface area (TPSA) is 72.7 Å². The first-order chi connectivity index (χ1) is 9.22. The van der Waals surface area contributed by atoms with Crippen LogP contribution in [-0.2, 0) is 11.3 Å². The standard InChI is InChI=1S/C11H8BrN5OS/c12-7-2-1-3-8-10(7)16-11(19-8)15-9(18)4-17-6-13-5-14-17/h1-3,5-6H,4H2,(H,15,16,18). The number of carbonyl (C=O) groups excluding carboxylic acids is 1. The molecule has 2 heterocycles. The molecule has 2 aromatic heterocycles. The molecule has 8 heteroatoms. The molecule has 0 aliphatic carbocycles. The second-order valence-electron chi connectivity index (χ2n) is 3.75. The van der Waals surface area contributed by atoms with Gasteiger partial charge in [-0.3, -0.25) is 4.79 Å². The van der Waals surface area contributed by atoms with Crippen molar-refractivity contribution in [1.82, 2.24) is 19.7 Å². The summed E-state index contributed by atoms with van der Waals surface area (Å²) in [6.07, 6.45) is 2.89. The summed E-state index contributed by atoms with van der Waals surface area (Å²) < 4.78 is 3.39. The predicted octanol–water partition coefficient (Wildman–Crippen LogP) is 2.29. The minimum absolute atomic E-state index is 0.122. The number of aromatic nitrogens is 4. The van der Waals surface area contributed by atoms with Gasteiger partial charge in [0.1, 0.15) is 19.2 Å². The third-order valence-electron chi connectivity index (χ3n) is 2.39. The summed E-state index contributed by atoms with van der Waals surface area (Å²) in [5.41, 5.74) is 0.851. The molecular weight excluding hydrogens is 330 g/mol. The van der Waals surface area contributed by atoms with Crippen LogP contribution in [0.25, 0.3) is 10.2 Å². The van der Waals surface area contributed by atoms with Gasteiger partial charge in [-0.15, -0.1) is 0 Å². The van der Waals surface area contributed by atoms with Crippen LogP contribution in [0.1, 0.15) is 0 Å². The Labute approximate surface area is 120 Å². The molecule has 0 aliphatic heterocycles. The molecule has 19 heavy (non-hydrogen) atoms. The number of nitrogens with one attached hydrogen (secondary N) is 1. The van der Waals surface area contributed by atoms with Crippen LogP contribution in [0.5, 0.6) is 0 Å². The number of thiazole rings is 1. The van der Waals surface area contributed by atoms with E-state index in [0.29, 0.717) is 5.13 Å². The van der Waals surface area contributed by atoms with E-state index in [-0.39, 0.29) is 12.5 Å². The zero-order chi connectivity index (χ0) is 13.2. The maximum Gasteiger partial charge on any atom is 0.247 e. The van der Waals surface area contributed by atoms with Gasteiger partial charge in [0.05, 0.1) is 10.2 Å². The Morgan fingerprint density at radius 1 is 1.47 bits per heavy atom. The summed E-state index contributed by atoms with van der Waals surface area (Å²) in [7, 11) is 0. The predicted molar refractivity (Wildman–Crippen MR) is 76.0 cm³/mol. The van der Waals surface area contributed by atoms with E-state index in [1.165, 1.54) is 28.7 Å². The van der Waals surface area contributed by atoms with Crippen LogP contribution < -0.4 is 5.32 Å². The van der Waals surface area contributed by atoms with E-state index in [4.69, 9.17) is 0 Å². The Hall–Kier alpha value is -1.80. The number of anilines is 1. The molecule has 3 aromatic rings. The number of hydrogen-bond acceptors (Lipinski definition) is 5. The number of rotatable bonds is 3. The third-order valence-corrected chi connectivity index (χ3v) is 3.96. The maximum absolute atomic E-state index is 11.8. The van der Waals surface area contributed by atoms with E-state index in [9.17, 15) is 4.79 Å². The third kappa shape index (κ3) is 2.64. The lowest BCUT2D eigenvalue weighted by Gasteiger charge is -2.00. The molecule has 6 nitrogen and oxygen atoms in total. The van der Waals surface area contributed by atoms with Crippen LogP contribution in [-0.4, -0.2) is 25.7 Å². The van der Waals surface area contributed by atoms with E-state index in [1.807, 2.05) is 18.2 Å². The lowest BCUT2D eigenvalue weighted by Crippen LogP contribution is -2.18. The monoisotopic (exact) mass is 337 g/mol. The van der Waals surface area contributed by atoms with Gasteiger partial charge in [0.15, 0.2) is 5.13 Å². The first-order valence-electron chi connectivity index (χ1n) is 5.40. The largest absolute Gasteiger partial charge is 0.300 e. The van der Waals surface area contributed by atoms with E-state index >= 15 is 0 Å². The Morgan fingerprint density at radius 3 is 3.11 bits per heavy atom. The summed E-state index contributed by atoms with van der Waals surface area (Å²) in [4.78, 5) is 20.0. The molecule has 0 fully saturated rings. The van der Waals surface area contributed by atoms with Crippen LogP contribution in [0.4, 0.5) is 5.13 Å². The molecule has 0 aliphatic rings. The molecule has 0 saturated heterocycles. The SMILES string of the molecule is O=C(Cn1cncn1)Nc1nc2c(Br)cccc2s1. The number of nitrogens with zero attached hydrogens (tertiary/aromatic N) is 4. The molecule has 0 atom stereocenters. The fourth-order valence-corrected chi connectivity index (χ4v) is 3.08. The van der Waals surface area contributed by atoms with E-state index in [0.717, 1.165) is 14.7 Å². The Bertz CT molecular complexity index is 724. The highest BCUT2D eigenvalue weighted by Gasteiger charge is 2.10. The van der Waals surface area contributed by atoms with Gasteiger partial charge in [-0.05, 0) is 28.1 Å². The van der Waals surface area contributed by atoms with Gasteiger partial charge in [-0.2, -0.15) is 5.10 Å². The summed E-state index contributed by atoms with van der Waals surface area (Å²) in [6.45, 7) is 0.122. The molecule has 96 valence electrons. The minimum atomic E-state index is -0.180. The van der Waals surface area contributed by atoms with Crippen molar-refractivity contribution in [2.45, 2.75) is 6.54 Å². The smallest absolute Gasteiger partial charge is 0.247 e. The van der Waals surface area contributed by atoms with Gasteiger partial charge in [0.2, 0.25) is 5.91 Å². The van der Waals surface area contributed by atoms with Crippen molar-refractivity contribution in [3.8, 4) is 0 Å². The zero-order valence-corrected chi connectivity index (χ0v) is 12.0. The second-order valence-corrected chi connectivity index (χ2v) is 5.63. The second kappa shape index (κ2) is 5.06. The minimum Gasteiger partial charge on any atom is -0.300 e. The molecule has 1 amide bonds. The number of amides is 1. The van der Waals surface area contributed by atoms with Crippen molar-refractivity contribution in [2.24, 2.45) is 0 Å². The van der Waals surface area contributed by atoms with Crippen LogP contribution >= 0.6 is 27.3 Å². The molecule has 3 rings (SSSR count). The molecule has 0 bridgehead atoms. The average Bonchev–Trinajstić information content (AvgIpc) is 2.98. The quantitative estimate of drug-likeness (QED) is 0.795. The highest BCUT2D eigenvalue weighted by atomic mass is 79.9. The van der Waals surface area contributed by atoms with Crippen LogP contribution in [0.2, 0.25) is 0 Å². The summed E-state index contributed by atoms with van der Waals surface area (Å²) in [5, 5.41) is 7.21. The summed E-state index contributed by atoms with van der Waals surface area (Å²) in [6, 6.07) is 5.82. The maximum atomic E-state index is 11.8. The summed E-state index contributed by atoms with van der Waals surface area (Å²) >= 11 is 4.87. The molecule has 0 spiro atoms. The number of benzene rings is 1. The van der Waals surface area contributed by atoms with Gasteiger partial charge in [-0.25, -0.2) is 14.6 Å². The first-order valence-corrected chi connectivity index (χ1v) is 7.00. The van der Waals surface area contributed by atoms with Crippen LogP contribution in [0, 0.1) is 0 Å². The summed E-state index contributed by atoms with van der Waals surface area (Å²) in [5.74, 6) is -0.180. The average molecular weight is 338 g/mol. The van der Waals surface area contributed by atoms with Crippen molar-refractivity contribution in [3.05, 3.63) is 35.3 Å². The number of hydrogen-bond donors (Lipinski definition) is 1. The first kappa shape index (κ1) is 12.2. The molecule has 1 aromatic carbocycles. The van der Waals surface area contributed by atoms with Crippen molar-refractivity contribution < 1.29 is 4.79 Å². The van der Waals surface area contributed by atoms with Crippen molar-refractivity contribution in [1.29, 1.82) is 0 Å². The molecule has 0 radical (unpaired) electrons. The Morgan fingerprint density at radius 2 is 2.37 bits per heavy atom. The van der Waals surface area contributed by atoms with Crippen LogP contribution in [0.15, 0.2) is 35.3 Å². The lowest BCUT2D eigenvalue weighted by atomic mass is 10.3. The number of carbonyl (C=O) groups is 1. The van der Waals surface area contributed by atoms with Crippen molar-refractivity contribution in [2.75, 3.05) is 5.32 Å². The normalized spacial score (nSPS) is 10.8. The molecular formula is C11H8BrN5OS. The van der Waals surface area contributed by atoms with E-state index in [1.54, 1.807) is 0 Å². The number of para-hydroxylation sites is 1. The van der Waals surface area contributed by atoms with Crippen LogP contribution in [0.3, 0.4) is 0 Å². The Kier molecular flexibility index (Phi) is 3.26. The molecule has 0 saturated carbocycles. The molecule has 1 N–H and O–H groups in total. The fourth-order valence-electron chi connectivity index (χ4n) is 1.59. The van der Waals surface area contributed by atoms with E-state index < -0.39 is 0 Å². The van der Waals surface area contributed by atoms with Gasteiger partial charge >= 0.3 is 0 Å². The van der Waals surface area contributed by atoms with Crippen molar-refractivity contribution >= 4 is 48.5 Å².